The maximum Gasteiger partial charge on any atom is 0.309 e. The van der Waals surface area contributed by atoms with Crippen molar-refractivity contribution in [2.45, 2.75) is 44.8 Å². The van der Waals surface area contributed by atoms with E-state index in [0.717, 1.165) is 12.8 Å². The van der Waals surface area contributed by atoms with Crippen LogP contribution in [0.4, 0.5) is 0 Å². The van der Waals surface area contributed by atoms with E-state index >= 15 is 0 Å². The van der Waals surface area contributed by atoms with Crippen LogP contribution in [0.3, 0.4) is 0 Å². The summed E-state index contributed by atoms with van der Waals surface area (Å²) in [6, 6.07) is 0. The van der Waals surface area contributed by atoms with Crippen LogP contribution in [0, 0.1) is 23.2 Å². The van der Waals surface area contributed by atoms with E-state index < -0.39 is 5.79 Å². The second-order valence-corrected chi connectivity index (χ2v) is 6.64. The number of carbonyl (C=O) groups excluding carboxylic acids is 1. The summed E-state index contributed by atoms with van der Waals surface area (Å²) >= 11 is 0. The molecule has 4 fully saturated rings. The Labute approximate surface area is 113 Å². The number of hydrogen-bond acceptors (Lipinski definition) is 4. The standard InChI is InChI=1S/C15H22O4/c1-2-17-13(16)12-10-4-3-5-14(10)8-11(12)15(9-14)18-6-7-19-15/h10-12H,2-9H2,1H3. The molecular weight excluding hydrogens is 244 g/mol. The quantitative estimate of drug-likeness (QED) is 0.718. The Morgan fingerprint density at radius 2 is 2.11 bits per heavy atom. The van der Waals surface area contributed by atoms with Crippen molar-refractivity contribution in [2.24, 2.45) is 23.2 Å². The Morgan fingerprint density at radius 1 is 1.32 bits per heavy atom. The fourth-order valence-corrected chi connectivity index (χ4v) is 5.52. The zero-order valence-electron chi connectivity index (χ0n) is 11.5. The molecule has 4 heteroatoms. The molecule has 3 aliphatic carbocycles. The molecule has 1 saturated heterocycles. The van der Waals surface area contributed by atoms with Gasteiger partial charge in [-0.1, -0.05) is 6.42 Å². The van der Waals surface area contributed by atoms with Crippen LogP contribution in [-0.4, -0.2) is 31.6 Å². The molecule has 0 N–H and O–H groups in total. The Bertz CT molecular complexity index is 398. The molecule has 3 saturated carbocycles. The van der Waals surface area contributed by atoms with Crippen LogP contribution in [0.15, 0.2) is 0 Å². The summed E-state index contributed by atoms with van der Waals surface area (Å²) in [6.45, 7) is 3.70. The highest BCUT2D eigenvalue weighted by atomic mass is 16.7. The summed E-state index contributed by atoms with van der Waals surface area (Å²) in [4.78, 5) is 12.4. The first-order chi connectivity index (χ1) is 9.21. The van der Waals surface area contributed by atoms with E-state index in [0.29, 0.717) is 31.2 Å². The van der Waals surface area contributed by atoms with Crippen LogP contribution >= 0.6 is 0 Å². The van der Waals surface area contributed by atoms with Gasteiger partial charge in [0, 0.05) is 12.3 Å². The molecule has 4 nitrogen and oxygen atoms in total. The predicted octanol–water partition coefficient (Wildman–Crippen LogP) is 2.12. The lowest BCUT2D eigenvalue weighted by Crippen LogP contribution is -2.48. The number of rotatable bonds is 2. The lowest BCUT2D eigenvalue weighted by molar-refractivity contribution is -0.219. The highest BCUT2D eigenvalue weighted by molar-refractivity contribution is 5.74. The van der Waals surface area contributed by atoms with Gasteiger partial charge in [0.1, 0.15) is 0 Å². The smallest absolute Gasteiger partial charge is 0.309 e. The highest BCUT2D eigenvalue weighted by Gasteiger charge is 2.72. The van der Waals surface area contributed by atoms with Crippen molar-refractivity contribution < 1.29 is 19.0 Å². The third-order valence-corrected chi connectivity index (χ3v) is 5.97. The van der Waals surface area contributed by atoms with Crippen LogP contribution in [0.5, 0.6) is 0 Å². The van der Waals surface area contributed by atoms with E-state index in [9.17, 15) is 4.79 Å². The van der Waals surface area contributed by atoms with Gasteiger partial charge in [0.2, 0.25) is 0 Å². The summed E-state index contributed by atoms with van der Waals surface area (Å²) in [5.74, 6) is 0.265. The monoisotopic (exact) mass is 266 g/mol. The van der Waals surface area contributed by atoms with Gasteiger partial charge < -0.3 is 14.2 Å². The molecule has 1 aliphatic heterocycles. The molecule has 2 spiro atoms. The molecule has 19 heavy (non-hydrogen) atoms. The van der Waals surface area contributed by atoms with Gasteiger partial charge in [-0.2, -0.15) is 0 Å². The molecule has 0 radical (unpaired) electrons. The van der Waals surface area contributed by atoms with E-state index in [1.165, 1.54) is 19.3 Å². The molecule has 2 bridgehead atoms. The van der Waals surface area contributed by atoms with Crippen LogP contribution < -0.4 is 0 Å². The molecule has 4 unspecified atom stereocenters. The van der Waals surface area contributed by atoms with Gasteiger partial charge in [-0.15, -0.1) is 0 Å². The average molecular weight is 266 g/mol. The molecular formula is C15H22O4. The van der Waals surface area contributed by atoms with Crippen molar-refractivity contribution in [1.29, 1.82) is 0 Å². The number of ether oxygens (including phenoxy) is 3. The molecule has 106 valence electrons. The first-order valence-corrected chi connectivity index (χ1v) is 7.65. The van der Waals surface area contributed by atoms with Crippen LogP contribution in [-0.2, 0) is 19.0 Å². The lowest BCUT2D eigenvalue weighted by atomic mass is 9.70. The molecule has 0 aromatic carbocycles. The van der Waals surface area contributed by atoms with Gasteiger partial charge in [-0.3, -0.25) is 4.79 Å². The highest BCUT2D eigenvalue weighted by Crippen LogP contribution is 2.71. The molecule has 4 rings (SSSR count). The van der Waals surface area contributed by atoms with Crippen molar-refractivity contribution in [3.05, 3.63) is 0 Å². The van der Waals surface area contributed by atoms with E-state index in [4.69, 9.17) is 14.2 Å². The molecule has 4 aliphatic rings. The number of hydrogen-bond donors (Lipinski definition) is 0. The maximum atomic E-state index is 12.4. The molecule has 0 amide bonds. The Hall–Kier alpha value is -0.610. The molecule has 0 aromatic rings. The zero-order valence-corrected chi connectivity index (χ0v) is 11.5. The predicted molar refractivity (Wildman–Crippen MR) is 67.3 cm³/mol. The minimum atomic E-state index is -0.460. The van der Waals surface area contributed by atoms with Gasteiger partial charge in [0.05, 0.1) is 25.7 Å². The second kappa shape index (κ2) is 3.95. The normalized spacial score (nSPS) is 45.8. The maximum absolute atomic E-state index is 12.4. The summed E-state index contributed by atoms with van der Waals surface area (Å²) in [6.07, 6.45) is 5.75. The SMILES string of the molecule is CCOC(=O)C1C2CCCC23CC1C1(C3)OCCO1. The summed E-state index contributed by atoms with van der Waals surface area (Å²) < 4.78 is 17.3. The Balaban J connectivity index is 1.69. The first kappa shape index (κ1) is 12.2. The molecule has 4 atom stereocenters. The van der Waals surface area contributed by atoms with Gasteiger partial charge in [-0.05, 0) is 37.5 Å². The summed E-state index contributed by atoms with van der Waals surface area (Å²) in [5.41, 5.74) is 0.298. The van der Waals surface area contributed by atoms with E-state index in [1.54, 1.807) is 0 Å². The first-order valence-electron chi connectivity index (χ1n) is 7.65. The number of fused-ring (bicyclic) bond motifs is 2. The molecule has 1 heterocycles. The average Bonchev–Trinajstić information content (AvgIpc) is 3.08. The summed E-state index contributed by atoms with van der Waals surface area (Å²) in [5, 5.41) is 0. The lowest BCUT2D eigenvalue weighted by Gasteiger charge is -2.41. The zero-order chi connectivity index (χ0) is 13.1. The third kappa shape index (κ3) is 1.44. The number of esters is 1. The largest absolute Gasteiger partial charge is 0.466 e. The van der Waals surface area contributed by atoms with Crippen molar-refractivity contribution in [3.63, 3.8) is 0 Å². The fourth-order valence-electron chi connectivity index (χ4n) is 5.52. The minimum absolute atomic E-state index is 0.00861. The van der Waals surface area contributed by atoms with Gasteiger partial charge in [-0.25, -0.2) is 0 Å². The van der Waals surface area contributed by atoms with Gasteiger partial charge in [0.15, 0.2) is 5.79 Å². The molecule has 0 aromatic heterocycles. The van der Waals surface area contributed by atoms with Gasteiger partial charge >= 0.3 is 5.97 Å². The Kier molecular flexibility index (Phi) is 2.53. The van der Waals surface area contributed by atoms with E-state index in [1.807, 2.05) is 6.92 Å². The van der Waals surface area contributed by atoms with Crippen molar-refractivity contribution in [2.75, 3.05) is 19.8 Å². The van der Waals surface area contributed by atoms with Crippen molar-refractivity contribution >= 4 is 5.97 Å². The van der Waals surface area contributed by atoms with Crippen LogP contribution in [0.25, 0.3) is 0 Å². The van der Waals surface area contributed by atoms with E-state index in [2.05, 4.69) is 0 Å². The number of carbonyl (C=O) groups is 1. The van der Waals surface area contributed by atoms with Crippen LogP contribution in [0.2, 0.25) is 0 Å². The second-order valence-electron chi connectivity index (χ2n) is 6.64. The minimum Gasteiger partial charge on any atom is -0.466 e. The summed E-state index contributed by atoms with van der Waals surface area (Å²) in [7, 11) is 0. The Morgan fingerprint density at radius 3 is 2.84 bits per heavy atom. The van der Waals surface area contributed by atoms with Crippen LogP contribution in [0.1, 0.15) is 39.0 Å². The van der Waals surface area contributed by atoms with E-state index in [-0.39, 0.29) is 17.8 Å². The fraction of sp³-hybridized carbons (Fsp3) is 0.933. The topological polar surface area (TPSA) is 44.8 Å². The van der Waals surface area contributed by atoms with Crippen molar-refractivity contribution in [3.8, 4) is 0 Å². The van der Waals surface area contributed by atoms with Crippen molar-refractivity contribution in [1.82, 2.24) is 0 Å². The van der Waals surface area contributed by atoms with Gasteiger partial charge in [0.25, 0.3) is 0 Å². The third-order valence-electron chi connectivity index (χ3n) is 5.97.